The minimum Gasteiger partial charge on any atom is -0.326 e. The van der Waals surface area contributed by atoms with E-state index in [2.05, 4.69) is 22.8 Å². The van der Waals surface area contributed by atoms with E-state index >= 15 is 0 Å². The van der Waals surface area contributed by atoms with Gasteiger partial charge in [0.1, 0.15) is 0 Å². The summed E-state index contributed by atoms with van der Waals surface area (Å²) in [5, 5.41) is 5.83. The Morgan fingerprint density at radius 3 is 2.95 bits per heavy atom. The molecule has 1 atom stereocenters. The van der Waals surface area contributed by atoms with Crippen LogP contribution in [0.15, 0.2) is 30.4 Å². The minimum absolute atomic E-state index is 0.0586. The first kappa shape index (κ1) is 12.9. The Hall–Kier alpha value is -2.10. The number of hydrogen-bond donors (Lipinski definition) is 2. The highest BCUT2D eigenvalue weighted by atomic mass is 16.2. The third kappa shape index (κ3) is 2.74. The van der Waals surface area contributed by atoms with Gasteiger partial charge in [-0.1, -0.05) is 12.2 Å². The summed E-state index contributed by atoms with van der Waals surface area (Å²) in [6, 6.07) is 5.68. The minimum atomic E-state index is 0.0586. The molecule has 4 nitrogen and oxygen atoms in total. The summed E-state index contributed by atoms with van der Waals surface area (Å²) in [5.41, 5.74) is 2.77. The van der Waals surface area contributed by atoms with Crippen molar-refractivity contribution < 1.29 is 9.59 Å². The van der Waals surface area contributed by atoms with Crippen molar-refractivity contribution >= 4 is 23.2 Å². The van der Waals surface area contributed by atoms with Crippen LogP contribution in [-0.2, 0) is 16.0 Å². The van der Waals surface area contributed by atoms with E-state index in [1.54, 1.807) is 0 Å². The Balaban J connectivity index is 1.70. The molecule has 1 aliphatic carbocycles. The fourth-order valence-electron chi connectivity index (χ4n) is 2.74. The number of amides is 2. The highest BCUT2D eigenvalue weighted by Gasteiger charge is 2.20. The Morgan fingerprint density at radius 2 is 2.15 bits per heavy atom. The van der Waals surface area contributed by atoms with Gasteiger partial charge in [-0.2, -0.15) is 0 Å². The number of allylic oxidation sites excluding steroid dienone is 2. The van der Waals surface area contributed by atoms with E-state index in [0.29, 0.717) is 6.42 Å². The van der Waals surface area contributed by atoms with Crippen molar-refractivity contribution in [3.05, 3.63) is 35.9 Å². The first-order chi connectivity index (χ1) is 9.72. The first-order valence-corrected chi connectivity index (χ1v) is 7.11. The van der Waals surface area contributed by atoms with Crippen LogP contribution in [0, 0.1) is 5.92 Å². The predicted octanol–water partition coefficient (Wildman–Crippen LogP) is 2.87. The number of carbonyl (C=O) groups excluding carboxylic acids is 2. The molecule has 0 saturated carbocycles. The van der Waals surface area contributed by atoms with E-state index in [-0.39, 0.29) is 17.7 Å². The van der Waals surface area contributed by atoms with E-state index in [0.717, 1.165) is 42.6 Å². The average Bonchev–Trinajstić information content (AvgIpc) is 2.48. The third-order valence-electron chi connectivity index (χ3n) is 3.91. The number of fused-ring (bicyclic) bond motifs is 1. The molecule has 20 heavy (non-hydrogen) atoms. The van der Waals surface area contributed by atoms with Crippen LogP contribution in [0.2, 0.25) is 0 Å². The number of carbonyl (C=O) groups is 2. The maximum absolute atomic E-state index is 12.2. The summed E-state index contributed by atoms with van der Waals surface area (Å²) in [5.74, 6) is 0.230. The molecule has 1 heterocycles. The van der Waals surface area contributed by atoms with Gasteiger partial charge in [-0.05, 0) is 49.4 Å². The van der Waals surface area contributed by atoms with E-state index in [1.165, 1.54) is 0 Å². The van der Waals surface area contributed by atoms with Crippen molar-refractivity contribution in [2.75, 3.05) is 10.6 Å². The van der Waals surface area contributed by atoms with Gasteiger partial charge in [0.2, 0.25) is 11.8 Å². The molecular formula is C16H18N2O2. The van der Waals surface area contributed by atoms with Gasteiger partial charge in [0.15, 0.2) is 0 Å². The van der Waals surface area contributed by atoms with Gasteiger partial charge >= 0.3 is 0 Å². The zero-order valence-electron chi connectivity index (χ0n) is 11.3. The van der Waals surface area contributed by atoms with E-state index in [1.807, 2.05) is 18.2 Å². The lowest BCUT2D eigenvalue weighted by Gasteiger charge is -2.20. The van der Waals surface area contributed by atoms with Crippen LogP contribution in [-0.4, -0.2) is 11.8 Å². The smallest absolute Gasteiger partial charge is 0.227 e. The second kappa shape index (κ2) is 5.49. The number of aryl methyl sites for hydroxylation is 1. The molecule has 0 aromatic heterocycles. The maximum atomic E-state index is 12.2. The monoisotopic (exact) mass is 270 g/mol. The number of benzene rings is 1. The van der Waals surface area contributed by atoms with Gasteiger partial charge in [-0.15, -0.1) is 0 Å². The van der Waals surface area contributed by atoms with Crippen LogP contribution < -0.4 is 10.6 Å². The first-order valence-electron chi connectivity index (χ1n) is 7.11. The summed E-state index contributed by atoms with van der Waals surface area (Å²) < 4.78 is 0. The molecule has 0 spiro atoms. The van der Waals surface area contributed by atoms with Crippen LogP contribution in [0.25, 0.3) is 0 Å². The molecule has 104 valence electrons. The Kier molecular flexibility index (Phi) is 3.54. The highest BCUT2D eigenvalue weighted by molar-refractivity contribution is 5.96. The largest absolute Gasteiger partial charge is 0.326 e. The molecule has 2 amide bonds. The van der Waals surface area contributed by atoms with Crippen LogP contribution in [0.3, 0.4) is 0 Å². The van der Waals surface area contributed by atoms with Gasteiger partial charge in [-0.25, -0.2) is 0 Å². The molecule has 4 heteroatoms. The molecule has 0 radical (unpaired) electrons. The summed E-state index contributed by atoms with van der Waals surface area (Å²) in [4.78, 5) is 23.5. The van der Waals surface area contributed by atoms with Crippen molar-refractivity contribution in [3.8, 4) is 0 Å². The van der Waals surface area contributed by atoms with Crippen LogP contribution in [0.1, 0.15) is 31.2 Å². The lowest BCUT2D eigenvalue weighted by Crippen LogP contribution is -2.24. The molecule has 0 fully saturated rings. The molecule has 3 rings (SSSR count). The maximum Gasteiger partial charge on any atom is 0.227 e. The number of nitrogens with one attached hydrogen (secondary N) is 2. The number of hydrogen-bond acceptors (Lipinski definition) is 2. The van der Waals surface area contributed by atoms with Crippen LogP contribution in [0.5, 0.6) is 0 Å². The van der Waals surface area contributed by atoms with E-state index < -0.39 is 0 Å². The topological polar surface area (TPSA) is 58.2 Å². The van der Waals surface area contributed by atoms with Crippen molar-refractivity contribution in [1.82, 2.24) is 0 Å². The van der Waals surface area contributed by atoms with Gasteiger partial charge in [0, 0.05) is 23.7 Å². The third-order valence-corrected chi connectivity index (χ3v) is 3.91. The summed E-state index contributed by atoms with van der Waals surface area (Å²) in [7, 11) is 0. The number of anilines is 2. The fourth-order valence-corrected chi connectivity index (χ4v) is 2.74. The summed E-state index contributed by atoms with van der Waals surface area (Å²) in [6.07, 6.45) is 8.18. The van der Waals surface area contributed by atoms with Crippen molar-refractivity contribution in [2.45, 2.75) is 32.1 Å². The second-order valence-electron chi connectivity index (χ2n) is 5.39. The zero-order chi connectivity index (χ0) is 13.9. The molecule has 1 aromatic carbocycles. The van der Waals surface area contributed by atoms with Gasteiger partial charge in [-0.3, -0.25) is 9.59 Å². The summed E-state index contributed by atoms with van der Waals surface area (Å²) in [6.45, 7) is 0. The summed E-state index contributed by atoms with van der Waals surface area (Å²) >= 11 is 0. The quantitative estimate of drug-likeness (QED) is 0.812. The Labute approximate surface area is 118 Å². The van der Waals surface area contributed by atoms with Crippen molar-refractivity contribution in [2.24, 2.45) is 5.92 Å². The lowest BCUT2D eigenvalue weighted by atomic mass is 9.93. The van der Waals surface area contributed by atoms with Crippen molar-refractivity contribution in [3.63, 3.8) is 0 Å². The van der Waals surface area contributed by atoms with E-state index in [4.69, 9.17) is 0 Å². The molecular weight excluding hydrogens is 252 g/mol. The zero-order valence-corrected chi connectivity index (χ0v) is 11.3. The standard InChI is InChI=1S/C16H18N2O2/c19-15-9-6-12-10-13(7-8-14(12)18-15)17-16(20)11-4-2-1-3-5-11/h1-2,7-8,10-11H,3-6,9H2,(H,17,20)(H,18,19)/t11-/m1/s1. The Morgan fingerprint density at radius 1 is 1.25 bits per heavy atom. The molecule has 0 bridgehead atoms. The normalized spacial score (nSPS) is 21.0. The average molecular weight is 270 g/mol. The molecule has 1 aliphatic heterocycles. The van der Waals surface area contributed by atoms with E-state index in [9.17, 15) is 9.59 Å². The lowest BCUT2D eigenvalue weighted by molar-refractivity contribution is -0.120. The SMILES string of the molecule is O=C1CCc2cc(NC(=O)[C@@H]3CC=CCC3)ccc2N1. The van der Waals surface area contributed by atoms with Crippen molar-refractivity contribution in [1.29, 1.82) is 0 Å². The molecule has 2 N–H and O–H groups in total. The van der Waals surface area contributed by atoms with Gasteiger partial charge < -0.3 is 10.6 Å². The second-order valence-corrected chi connectivity index (χ2v) is 5.39. The molecule has 1 aromatic rings. The van der Waals surface area contributed by atoms with Crippen LogP contribution >= 0.6 is 0 Å². The molecule has 0 saturated heterocycles. The van der Waals surface area contributed by atoms with Gasteiger partial charge in [0.25, 0.3) is 0 Å². The predicted molar refractivity (Wildman–Crippen MR) is 78.5 cm³/mol. The van der Waals surface area contributed by atoms with Gasteiger partial charge in [0.05, 0.1) is 0 Å². The van der Waals surface area contributed by atoms with Crippen LogP contribution in [0.4, 0.5) is 11.4 Å². The number of rotatable bonds is 2. The molecule has 0 unspecified atom stereocenters. The highest BCUT2D eigenvalue weighted by Crippen LogP contribution is 2.26. The fraction of sp³-hybridized carbons (Fsp3) is 0.375. The molecule has 2 aliphatic rings. The Bertz CT molecular complexity index is 578.